The van der Waals surface area contributed by atoms with E-state index in [1.165, 1.54) is 24.0 Å². The quantitative estimate of drug-likeness (QED) is 0.837. The summed E-state index contributed by atoms with van der Waals surface area (Å²) >= 11 is 3.54. The van der Waals surface area contributed by atoms with E-state index in [0.29, 0.717) is 0 Å². The molecule has 0 unspecified atom stereocenters. The highest BCUT2D eigenvalue weighted by atomic mass is 79.9. The molecule has 1 aliphatic carbocycles. The normalized spacial score (nSPS) is 14.8. The summed E-state index contributed by atoms with van der Waals surface area (Å²) in [7, 11) is 0. The molecule has 2 rings (SSSR count). The monoisotopic (exact) mass is 267 g/mol. The van der Waals surface area contributed by atoms with Crippen molar-refractivity contribution in [2.45, 2.75) is 25.7 Å². The lowest BCUT2D eigenvalue weighted by atomic mass is 9.90. The first-order valence-electron chi connectivity index (χ1n) is 5.27. The van der Waals surface area contributed by atoms with Gasteiger partial charge in [-0.05, 0) is 48.9 Å². The summed E-state index contributed by atoms with van der Waals surface area (Å²) in [5, 5.41) is 0. The lowest BCUT2D eigenvalue weighted by molar-refractivity contribution is 0.100. The Morgan fingerprint density at radius 1 is 1.33 bits per heavy atom. The van der Waals surface area contributed by atoms with Crippen LogP contribution in [0.5, 0.6) is 0 Å². The van der Waals surface area contributed by atoms with Crippen molar-refractivity contribution in [2.75, 3.05) is 6.54 Å². The Labute approximate surface area is 98.0 Å². The second-order valence-corrected chi connectivity index (χ2v) is 4.78. The third-order valence-electron chi connectivity index (χ3n) is 2.92. The summed E-state index contributed by atoms with van der Waals surface area (Å²) in [6.45, 7) is 0.0885. The van der Waals surface area contributed by atoms with Gasteiger partial charge in [0.2, 0.25) is 0 Å². The Kier molecular flexibility index (Phi) is 3.22. The number of rotatable bonds is 2. The number of carbonyl (C=O) groups excluding carboxylic acids is 1. The third kappa shape index (κ3) is 2.13. The maximum atomic E-state index is 11.5. The molecule has 0 aromatic heterocycles. The van der Waals surface area contributed by atoms with Crippen LogP contribution in [0.15, 0.2) is 16.6 Å². The van der Waals surface area contributed by atoms with Crippen molar-refractivity contribution < 1.29 is 4.79 Å². The van der Waals surface area contributed by atoms with Gasteiger partial charge in [-0.15, -0.1) is 0 Å². The van der Waals surface area contributed by atoms with Gasteiger partial charge < -0.3 is 5.73 Å². The summed E-state index contributed by atoms with van der Waals surface area (Å²) < 4.78 is 1.07. The van der Waals surface area contributed by atoms with E-state index in [1.807, 2.05) is 12.1 Å². The van der Waals surface area contributed by atoms with E-state index in [4.69, 9.17) is 5.73 Å². The number of carbonyl (C=O) groups is 1. The van der Waals surface area contributed by atoms with Crippen molar-refractivity contribution in [1.82, 2.24) is 0 Å². The summed E-state index contributed by atoms with van der Waals surface area (Å²) in [4.78, 5) is 11.5. The van der Waals surface area contributed by atoms with Crippen LogP contribution in [0, 0.1) is 0 Å². The number of Topliss-reactive ketones (excluding diaryl/α,β-unsaturated/α-hetero) is 1. The smallest absolute Gasteiger partial charge is 0.176 e. The first-order valence-corrected chi connectivity index (χ1v) is 6.06. The first kappa shape index (κ1) is 10.8. The van der Waals surface area contributed by atoms with Crippen LogP contribution in [0.25, 0.3) is 0 Å². The standard InChI is InChI=1S/C12H14BrNO/c13-11-6-9(12(15)7-14)5-8-3-1-2-4-10(8)11/h5-6H,1-4,7,14H2. The van der Waals surface area contributed by atoms with Gasteiger partial charge in [-0.1, -0.05) is 15.9 Å². The second kappa shape index (κ2) is 4.45. The van der Waals surface area contributed by atoms with E-state index >= 15 is 0 Å². The lowest BCUT2D eigenvalue weighted by Gasteiger charge is -2.18. The SMILES string of the molecule is NCC(=O)c1cc(Br)c2c(c1)CCCC2. The predicted octanol–water partition coefficient (Wildman–Crippen LogP) is 2.47. The summed E-state index contributed by atoms with van der Waals surface area (Å²) in [5.74, 6) is 0.0177. The van der Waals surface area contributed by atoms with E-state index < -0.39 is 0 Å². The molecule has 0 radical (unpaired) electrons. The Hall–Kier alpha value is -0.670. The Morgan fingerprint density at radius 2 is 2.07 bits per heavy atom. The second-order valence-electron chi connectivity index (χ2n) is 3.93. The van der Waals surface area contributed by atoms with Crippen LogP contribution in [0.1, 0.15) is 34.3 Å². The average Bonchev–Trinajstić information content (AvgIpc) is 2.28. The highest BCUT2D eigenvalue weighted by molar-refractivity contribution is 9.10. The molecule has 0 heterocycles. The van der Waals surface area contributed by atoms with Gasteiger partial charge in [-0.25, -0.2) is 0 Å². The molecule has 1 aromatic rings. The molecule has 0 aliphatic heterocycles. The van der Waals surface area contributed by atoms with Crippen LogP contribution in [0.2, 0.25) is 0 Å². The van der Waals surface area contributed by atoms with Gasteiger partial charge in [-0.2, -0.15) is 0 Å². The maximum absolute atomic E-state index is 11.5. The van der Waals surface area contributed by atoms with E-state index in [0.717, 1.165) is 22.9 Å². The number of halogens is 1. The highest BCUT2D eigenvalue weighted by Gasteiger charge is 2.15. The molecule has 0 fully saturated rings. The molecule has 0 bridgehead atoms. The fraction of sp³-hybridized carbons (Fsp3) is 0.417. The van der Waals surface area contributed by atoms with Crippen LogP contribution >= 0.6 is 15.9 Å². The zero-order chi connectivity index (χ0) is 10.8. The Balaban J connectivity index is 2.45. The molecular weight excluding hydrogens is 254 g/mol. The third-order valence-corrected chi connectivity index (χ3v) is 3.63. The lowest BCUT2D eigenvalue weighted by Crippen LogP contribution is -2.15. The van der Waals surface area contributed by atoms with Gasteiger partial charge >= 0.3 is 0 Å². The van der Waals surface area contributed by atoms with Gasteiger partial charge in [0.1, 0.15) is 0 Å². The topological polar surface area (TPSA) is 43.1 Å². The van der Waals surface area contributed by atoms with Crippen molar-refractivity contribution >= 4 is 21.7 Å². The molecule has 0 atom stereocenters. The summed E-state index contributed by atoms with van der Waals surface area (Å²) in [6.07, 6.45) is 4.67. The summed E-state index contributed by atoms with van der Waals surface area (Å²) in [5.41, 5.74) is 8.79. The number of nitrogens with two attached hydrogens (primary N) is 1. The Bertz CT molecular complexity index is 401. The van der Waals surface area contributed by atoms with Crippen LogP contribution < -0.4 is 5.73 Å². The molecule has 1 aromatic carbocycles. The molecule has 0 saturated carbocycles. The van der Waals surface area contributed by atoms with Gasteiger partial charge in [0, 0.05) is 10.0 Å². The van der Waals surface area contributed by atoms with Gasteiger partial charge in [-0.3, -0.25) is 4.79 Å². The summed E-state index contributed by atoms with van der Waals surface area (Å²) in [6, 6.07) is 3.91. The number of ketones is 1. The molecule has 80 valence electrons. The van der Waals surface area contributed by atoms with Crippen molar-refractivity contribution in [3.8, 4) is 0 Å². The van der Waals surface area contributed by atoms with Crippen LogP contribution in [0.4, 0.5) is 0 Å². The zero-order valence-electron chi connectivity index (χ0n) is 8.55. The van der Waals surface area contributed by atoms with E-state index in [1.54, 1.807) is 0 Å². The molecule has 0 amide bonds. The highest BCUT2D eigenvalue weighted by Crippen LogP contribution is 2.29. The number of benzene rings is 1. The van der Waals surface area contributed by atoms with Crippen LogP contribution in [-0.2, 0) is 12.8 Å². The number of hydrogen-bond acceptors (Lipinski definition) is 2. The average molecular weight is 268 g/mol. The minimum absolute atomic E-state index is 0.0177. The number of hydrogen-bond donors (Lipinski definition) is 1. The molecule has 0 saturated heterocycles. The van der Waals surface area contributed by atoms with Crippen molar-refractivity contribution in [2.24, 2.45) is 5.73 Å². The number of aryl methyl sites for hydroxylation is 1. The zero-order valence-corrected chi connectivity index (χ0v) is 10.1. The number of fused-ring (bicyclic) bond motifs is 1. The molecule has 15 heavy (non-hydrogen) atoms. The molecule has 2 N–H and O–H groups in total. The Morgan fingerprint density at radius 3 is 2.80 bits per heavy atom. The van der Waals surface area contributed by atoms with Crippen molar-refractivity contribution in [3.63, 3.8) is 0 Å². The van der Waals surface area contributed by atoms with E-state index in [-0.39, 0.29) is 12.3 Å². The van der Waals surface area contributed by atoms with Gasteiger partial charge in [0.05, 0.1) is 6.54 Å². The van der Waals surface area contributed by atoms with E-state index in [9.17, 15) is 4.79 Å². The van der Waals surface area contributed by atoms with Crippen LogP contribution in [0.3, 0.4) is 0 Å². The fourth-order valence-electron chi connectivity index (χ4n) is 2.09. The van der Waals surface area contributed by atoms with E-state index in [2.05, 4.69) is 15.9 Å². The fourth-order valence-corrected chi connectivity index (χ4v) is 2.79. The van der Waals surface area contributed by atoms with Gasteiger partial charge in [0.15, 0.2) is 5.78 Å². The van der Waals surface area contributed by atoms with Crippen molar-refractivity contribution in [1.29, 1.82) is 0 Å². The van der Waals surface area contributed by atoms with Gasteiger partial charge in [0.25, 0.3) is 0 Å². The largest absolute Gasteiger partial charge is 0.324 e. The van der Waals surface area contributed by atoms with Crippen molar-refractivity contribution in [3.05, 3.63) is 33.3 Å². The predicted molar refractivity (Wildman–Crippen MR) is 64.2 cm³/mol. The molecule has 2 nitrogen and oxygen atoms in total. The minimum atomic E-state index is 0.0177. The molecule has 1 aliphatic rings. The molecule has 3 heteroatoms. The first-order chi connectivity index (χ1) is 7.22. The minimum Gasteiger partial charge on any atom is -0.324 e. The van der Waals surface area contributed by atoms with Crippen LogP contribution in [-0.4, -0.2) is 12.3 Å². The molecular formula is C12H14BrNO. The molecule has 0 spiro atoms. The maximum Gasteiger partial charge on any atom is 0.176 e.